The number of carbonyl (C=O) groups is 2. The number of ketones is 1. The van der Waals surface area contributed by atoms with Gasteiger partial charge in [-0.2, -0.15) is 0 Å². The fraction of sp³-hybridized carbons (Fsp3) is 0.385. The van der Waals surface area contributed by atoms with Crippen LogP contribution in [0, 0.1) is 0 Å². The number of urea groups is 1. The van der Waals surface area contributed by atoms with Crippen molar-refractivity contribution in [2.45, 2.75) is 13.0 Å². The molecule has 0 aliphatic carbocycles. The first-order valence-electron chi connectivity index (χ1n) is 5.76. The van der Waals surface area contributed by atoms with Crippen molar-refractivity contribution in [3.05, 3.63) is 34.3 Å². The number of carbonyl (C=O) groups excluding carboxylic acids is 2. The molecule has 1 heterocycles. The molecule has 0 saturated carbocycles. The monoisotopic (exact) mass is 310 g/mol. The maximum Gasteiger partial charge on any atom is 0.320 e. The minimum atomic E-state index is -0.0917. The van der Waals surface area contributed by atoms with Crippen LogP contribution in [0.3, 0.4) is 0 Å². The second-order valence-corrected chi connectivity index (χ2v) is 5.37. The maximum absolute atomic E-state index is 12.0. The Balaban J connectivity index is 2.24. The molecule has 18 heavy (non-hydrogen) atoms. The van der Waals surface area contributed by atoms with E-state index in [-0.39, 0.29) is 24.4 Å². The zero-order valence-corrected chi connectivity index (χ0v) is 12.0. The molecule has 0 aromatic heterocycles. The highest BCUT2D eigenvalue weighted by atomic mass is 79.9. The van der Waals surface area contributed by atoms with Crippen molar-refractivity contribution < 1.29 is 9.59 Å². The molecule has 1 fully saturated rings. The Morgan fingerprint density at radius 2 is 2.11 bits per heavy atom. The molecule has 1 aromatic rings. The van der Waals surface area contributed by atoms with Gasteiger partial charge in [-0.05, 0) is 18.6 Å². The summed E-state index contributed by atoms with van der Waals surface area (Å²) in [6.45, 7) is 2.24. The first-order chi connectivity index (χ1) is 8.50. The Hall–Kier alpha value is -1.36. The van der Waals surface area contributed by atoms with Crippen molar-refractivity contribution in [2.75, 3.05) is 20.1 Å². The molecule has 1 atom stereocenters. The number of hydrogen-bond donors (Lipinski definition) is 0. The van der Waals surface area contributed by atoms with Crippen LogP contribution in [0.25, 0.3) is 0 Å². The van der Waals surface area contributed by atoms with Gasteiger partial charge in [-0.25, -0.2) is 4.79 Å². The molecule has 0 N–H and O–H groups in total. The van der Waals surface area contributed by atoms with E-state index in [0.29, 0.717) is 6.54 Å². The lowest BCUT2D eigenvalue weighted by atomic mass is 10.1. The van der Waals surface area contributed by atoms with Crippen LogP contribution in [0.15, 0.2) is 28.7 Å². The predicted molar refractivity (Wildman–Crippen MR) is 72.3 cm³/mol. The van der Waals surface area contributed by atoms with E-state index < -0.39 is 0 Å². The van der Waals surface area contributed by atoms with Crippen molar-refractivity contribution in [2.24, 2.45) is 0 Å². The average molecular weight is 311 g/mol. The smallest absolute Gasteiger partial charge is 0.319 e. The largest absolute Gasteiger partial charge is 0.320 e. The Morgan fingerprint density at radius 1 is 1.44 bits per heavy atom. The van der Waals surface area contributed by atoms with E-state index in [9.17, 15) is 9.59 Å². The molecule has 0 radical (unpaired) electrons. The predicted octanol–water partition coefficient (Wildman–Crippen LogP) is 2.45. The van der Waals surface area contributed by atoms with Gasteiger partial charge in [0.1, 0.15) is 5.78 Å². The second-order valence-electron chi connectivity index (χ2n) is 4.51. The lowest BCUT2D eigenvalue weighted by molar-refractivity contribution is -0.117. The van der Waals surface area contributed by atoms with Gasteiger partial charge in [-0.1, -0.05) is 34.1 Å². The molecule has 2 amide bonds. The van der Waals surface area contributed by atoms with E-state index in [1.54, 1.807) is 16.8 Å². The van der Waals surface area contributed by atoms with Gasteiger partial charge in [0, 0.05) is 18.1 Å². The van der Waals surface area contributed by atoms with E-state index in [0.717, 1.165) is 10.0 Å². The van der Waals surface area contributed by atoms with Gasteiger partial charge >= 0.3 is 6.03 Å². The molecule has 4 nitrogen and oxygen atoms in total. The third-order valence-corrected chi connectivity index (χ3v) is 3.83. The Bertz CT molecular complexity index is 490. The number of benzene rings is 1. The fourth-order valence-corrected chi connectivity index (χ4v) is 2.77. The summed E-state index contributed by atoms with van der Waals surface area (Å²) in [5.41, 5.74) is 1.07. The molecule has 1 aliphatic rings. The minimum absolute atomic E-state index is 0.00419. The van der Waals surface area contributed by atoms with Crippen LogP contribution in [0.2, 0.25) is 0 Å². The molecular formula is C13H15BrN2O2. The van der Waals surface area contributed by atoms with E-state index in [1.807, 2.05) is 24.3 Å². The van der Waals surface area contributed by atoms with Crippen molar-refractivity contribution in [3.63, 3.8) is 0 Å². The molecular weight excluding hydrogens is 296 g/mol. The lowest BCUT2D eigenvalue weighted by Gasteiger charge is -2.19. The zero-order valence-electron chi connectivity index (χ0n) is 10.4. The van der Waals surface area contributed by atoms with Gasteiger partial charge in [0.15, 0.2) is 0 Å². The number of halogens is 1. The summed E-state index contributed by atoms with van der Waals surface area (Å²) >= 11 is 3.50. The average Bonchev–Trinajstić information content (AvgIpc) is 2.58. The molecule has 1 aromatic carbocycles. The maximum atomic E-state index is 12.0. The van der Waals surface area contributed by atoms with Crippen LogP contribution < -0.4 is 0 Å². The third-order valence-electron chi connectivity index (χ3n) is 3.11. The molecule has 5 heteroatoms. The van der Waals surface area contributed by atoms with E-state index in [1.165, 1.54) is 6.92 Å². The number of hydrogen-bond acceptors (Lipinski definition) is 2. The van der Waals surface area contributed by atoms with Gasteiger partial charge in [-0.15, -0.1) is 0 Å². The lowest BCUT2D eigenvalue weighted by Crippen LogP contribution is -2.33. The Morgan fingerprint density at radius 3 is 2.72 bits per heavy atom. The highest BCUT2D eigenvalue weighted by Crippen LogP contribution is 2.32. The van der Waals surface area contributed by atoms with Gasteiger partial charge < -0.3 is 9.80 Å². The first kappa shape index (κ1) is 13.1. The topological polar surface area (TPSA) is 40.6 Å². The highest BCUT2D eigenvalue weighted by Gasteiger charge is 2.36. The zero-order chi connectivity index (χ0) is 13.3. The summed E-state index contributed by atoms with van der Waals surface area (Å²) in [6.07, 6.45) is 0. The number of amides is 2. The minimum Gasteiger partial charge on any atom is -0.319 e. The summed E-state index contributed by atoms with van der Waals surface area (Å²) in [7, 11) is 1.77. The van der Waals surface area contributed by atoms with Crippen molar-refractivity contribution in [1.29, 1.82) is 0 Å². The van der Waals surface area contributed by atoms with Crippen LogP contribution in [0.1, 0.15) is 18.5 Å². The summed E-state index contributed by atoms with van der Waals surface area (Å²) in [5, 5.41) is 0. The van der Waals surface area contributed by atoms with Crippen molar-refractivity contribution in [3.8, 4) is 0 Å². The first-order valence-corrected chi connectivity index (χ1v) is 6.55. The second kappa shape index (κ2) is 5.10. The van der Waals surface area contributed by atoms with Crippen LogP contribution in [-0.4, -0.2) is 41.8 Å². The van der Waals surface area contributed by atoms with Gasteiger partial charge in [0.05, 0.1) is 12.6 Å². The summed E-state index contributed by atoms with van der Waals surface area (Å²) in [6, 6.07) is 7.75. The molecule has 2 rings (SSSR count). The van der Waals surface area contributed by atoms with E-state index in [2.05, 4.69) is 15.9 Å². The van der Waals surface area contributed by atoms with Crippen LogP contribution in [0.4, 0.5) is 4.79 Å². The molecule has 1 saturated heterocycles. The van der Waals surface area contributed by atoms with Crippen LogP contribution in [0.5, 0.6) is 0 Å². The van der Waals surface area contributed by atoms with Crippen molar-refractivity contribution >= 4 is 27.7 Å². The van der Waals surface area contributed by atoms with Gasteiger partial charge in [0.25, 0.3) is 0 Å². The number of likely N-dealkylation sites (N-methyl/N-ethyl adjacent to an activating group) is 1. The number of Topliss-reactive ketones (excluding diaryl/α,β-unsaturated/α-hetero) is 1. The summed E-state index contributed by atoms with van der Waals surface area (Å²) in [5.74, 6) is 0.00419. The van der Waals surface area contributed by atoms with Gasteiger partial charge in [-0.3, -0.25) is 4.79 Å². The van der Waals surface area contributed by atoms with E-state index >= 15 is 0 Å². The molecule has 1 aliphatic heterocycles. The van der Waals surface area contributed by atoms with Crippen LogP contribution in [-0.2, 0) is 4.79 Å². The third kappa shape index (κ3) is 2.41. The quantitative estimate of drug-likeness (QED) is 0.860. The number of rotatable bonds is 3. The highest BCUT2D eigenvalue weighted by molar-refractivity contribution is 9.10. The Kier molecular flexibility index (Phi) is 3.71. The molecule has 0 bridgehead atoms. The normalized spacial score (nSPS) is 19.5. The SMILES string of the molecule is CC(=O)CN1CC(c2ccccc2Br)N(C)C1=O. The molecule has 96 valence electrons. The summed E-state index contributed by atoms with van der Waals surface area (Å²) < 4.78 is 0.985. The Labute approximate surface area is 115 Å². The van der Waals surface area contributed by atoms with Crippen LogP contribution >= 0.6 is 15.9 Å². The fourth-order valence-electron chi connectivity index (χ4n) is 2.22. The van der Waals surface area contributed by atoms with Gasteiger partial charge in [0.2, 0.25) is 0 Å². The van der Waals surface area contributed by atoms with Crippen molar-refractivity contribution in [1.82, 2.24) is 9.80 Å². The molecule has 1 unspecified atom stereocenters. The standard InChI is InChI=1S/C13H15BrN2O2/c1-9(17)7-16-8-12(15(2)13(16)18)10-5-3-4-6-11(10)14/h3-6,12H,7-8H2,1-2H3. The molecule has 0 spiro atoms. The van der Waals surface area contributed by atoms with E-state index in [4.69, 9.17) is 0 Å². The summed E-state index contributed by atoms with van der Waals surface area (Å²) in [4.78, 5) is 26.4. The number of nitrogens with zero attached hydrogens (tertiary/aromatic N) is 2.